The number of rotatable bonds is 6. The van der Waals surface area contributed by atoms with Crippen LogP contribution in [0.4, 0.5) is 0 Å². The van der Waals surface area contributed by atoms with Crippen LogP contribution in [0.2, 0.25) is 5.02 Å². The summed E-state index contributed by atoms with van der Waals surface area (Å²) in [6.45, 7) is 8.54. The standard InChI is InChI=1S/C18H29ClN4O2/c1-13(25-15-10-8-7-9-14(15)19)11-21-17(20-5)23(6)12-16(24)22-18(2,3)4/h7-10,13H,11-12H2,1-6H3,(H,20,21)(H,22,24). The topological polar surface area (TPSA) is 66.0 Å². The molecule has 1 amide bonds. The van der Waals surface area contributed by atoms with Crippen molar-refractivity contribution in [1.29, 1.82) is 0 Å². The zero-order valence-corrected chi connectivity index (χ0v) is 16.6. The maximum atomic E-state index is 12.0. The minimum absolute atomic E-state index is 0.0571. The number of nitrogens with one attached hydrogen (secondary N) is 2. The lowest BCUT2D eigenvalue weighted by Gasteiger charge is -2.26. The number of benzene rings is 1. The summed E-state index contributed by atoms with van der Waals surface area (Å²) in [7, 11) is 3.50. The van der Waals surface area contributed by atoms with E-state index in [1.54, 1.807) is 18.0 Å². The zero-order valence-electron chi connectivity index (χ0n) is 15.9. The van der Waals surface area contributed by atoms with Gasteiger partial charge in [-0.15, -0.1) is 0 Å². The Balaban J connectivity index is 2.50. The SMILES string of the molecule is CN=C(NCC(C)Oc1ccccc1Cl)N(C)CC(=O)NC(C)(C)C. The van der Waals surface area contributed by atoms with Gasteiger partial charge in [0, 0.05) is 19.6 Å². The third-order valence-corrected chi connectivity index (χ3v) is 3.49. The van der Waals surface area contributed by atoms with Crippen molar-refractivity contribution in [3.05, 3.63) is 29.3 Å². The van der Waals surface area contributed by atoms with E-state index in [-0.39, 0.29) is 24.1 Å². The van der Waals surface area contributed by atoms with Crippen LogP contribution in [0.5, 0.6) is 5.75 Å². The number of halogens is 1. The first-order valence-electron chi connectivity index (χ1n) is 8.26. The van der Waals surface area contributed by atoms with Gasteiger partial charge in [0.2, 0.25) is 5.91 Å². The Labute approximate surface area is 155 Å². The normalized spacial score (nSPS) is 13.2. The van der Waals surface area contributed by atoms with Crippen molar-refractivity contribution in [2.75, 3.05) is 27.2 Å². The lowest BCUT2D eigenvalue weighted by Crippen LogP contribution is -2.49. The second-order valence-electron chi connectivity index (χ2n) is 6.94. The molecule has 0 spiro atoms. The Morgan fingerprint density at radius 1 is 1.36 bits per heavy atom. The van der Waals surface area contributed by atoms with Crippen LogP contribution in [0.15, 0.2) is 29.3 Å². The molecule has 7 heteroatoms. The molecule has 0 aliphatic heterocycles. The predicted octanol–water partition coefficient (Wildman–Crippen LogP) is 2.53. The smallest absolute Gasteiger partial charge is 0.240 e. The molecule has 0 radical (unpaired) electrons. The fourth-order valence-electron chi connectivity index (χ4n) is 2.17. The maximum Gasteiger partial charge on any atom is 0.240 e. The molecule has 0 heterocycles. The van der Waals surface area contributed by atoms with Crippen molar-refractivity contribution in [2.24, 2.45) is 4.99 Å². The van der Waals surface area contributed by atoms with Crippen LogP contribution in [0.25, 0.3) is 0 Å². The van der Waals surface area contributed by atoms with E-state index in [0.717, 1.165) is 0 Å². The van der Waals surface area contributed by atoms with Crippen LogP contribution >= 0.6 is 11.6 Å². The highest BCUT2D eigenvalue weighted by Gasteiger charge is 2.17. The molecule has 1 aromatic carbocycles. The molecule has 140 valence electrons. The fourth-order valence-corrected chi connectivity index (χ4v) is 2.35. The van der Waals surface area contributed by atoms with Gasteiger partial charge in [-0.3, -0.25) is 9.79 Å². The number of para-hydroxylation sites is 1. The van der Waals surface area contributed by atoms with E-state index in [1.165, 1.54) is 0 Å². The molecular weight excluding hydrogens is 340 g/mol. The highest BCUT2D eigenvalue weighted by Crippen LogP contribution is 2.23. The summed E-state index contributed by atoms with van der Waals surface area (Å²) in [5, 5.41) is 6.71. The molecule has 25 heavy (non-hydrogen) atoms. The van der Waals surface area contributed by atoms with Crippen LogP contribution in [-0.4, -0.2) is 55.6 Å². The highest BCUT2D eigenvalue weighted by atomic mass is 35.5. The Bertz CT molecular complexity index is 599. The average Bonchev–Trinajstić information content (AvgIpc) is 2.48. The van der Waals surface area contributed by atoms with Gasteiger partial charge in [-0.25, -0.2) is 0 Å². The Kier molecular flexibility index (Phi) is 8.03. The number of ether oxygens (including phenoxy) is 1. The number of aliphatic imine (C=N–C) groups is 1. The van der Waals surface area contributed by atoms with Crippen LogP contribution in [0.3, 0.4) is 0 Å². The molecule has 0 aliphatic carbocycles. The van der Waals surface area contributed by atoms with Crippen molar-refractivity contribution in [2.45, 2.75) is 39.3 Å². The number of guanidine groups is 1. The van der Waals surface area contributed by atoms with Crippen molar-refractivity contribution in [3.8, 4) is 5.75 Å². The third-order valence-electron chi connectivity index (χ3n) is 3.18. The van der Waals surface area contributed by atoms with Gasteiger partial charge in [0.25, 0.3) is 0 Å². The fraction of sp³-hybridized carbons (Fsp3) is 0.556. The molecule has 0 saturated heterocycles. The minimum Gasteiger partial charge on any atom is -0.487 e. The summed E-state index contributed by atoms with van der Waals surface area (Å²) in [6.07, 6.45) is -0.117. The van der Waals surface area contributed by atoms with Crippen molar-refractivity contribution in [3.63, 3.8) is 0 Å². The molecule has 0 saturated carbocycles. The quantitative estimate of drug-likeness (QED) is 0.598. The van der Waals surface area contributed by atoms with Crippen LogP contribution in [0, 0.1) is 0 Å². The first-order valence-corrected chi connectivity index (χ1v) is 8.64. The van der Waals surface area contributed by atoms with Crippen molar-refractivity contribution >= 4 is 23.5 Å². The summed E-state index contributed by atoms with van der Waals surface area (Å²) in [4.78, 5) is 18.0. The number of carbonyl (C=O) groups is 1. The van der Waals surface area contributed by atoms with Gasteiger partial charge in [0.05, 0.1) is 18.1 Å². The first-order chi connectivity index (χ1) is 11.6. The van der Waals surface area contributed by atoms with E-state index in [4.69, 9.17) is 16.3 Å². The Morgan fingerprint density at radius 3 is 2.56 bits per heavy atom. The summed E-state index contributed by atoms with van der Waals surface area (Å²) < 4.78 is 5.82. The summed E-state index contributed by atoms with van der Waals surface area (Å²) in [5.41, 5.74) is -0.258. The molecule has 1 unspecified atom stereocenters. The van der Waals surface area contributed by atoms with Gasteiger partial charge >= 0.3 is 0 Å². The molecule has 0 aromatic heterocycles. The molecule has 1 atom stereocenters. The molecular formula is C18H29ClN4O2. The van der Waals surface area contributed by atoms with Gasteiger partial charge in [0.1, 0.15) is 11.9 Å². The zero-order chi connectivity index (χ0) is 19.0. The molecule has 0 bridgehead atoms. The number of hydrogen-bond donors (Lipinski definition) is 2. The van der Waals surface area contributed by atoms with Crippen molar-refractivity contribution in [1.82, 2.24) is 15.5 Å². The summed E-state index contributed by atoms with van der Waals surface area (Å²) in [6, 6.07) is 7.35. The van der Waals surface area contributed by atoms with Gasteiger partial charge < -0.3 is 20.3 Å². The van der Waals surface area contributed by atoms with E-state index >= 15 is 0 Å². The van der Waals surface area contributed by atoms with E-state index < -0.39 is 0 Å². The second-order valence-corrected chi connectivity index (χ2v) is 7.35. The highest BCUT2D eigenvalue weighted by molar-refractivity contribution is 6.32. The molecule has 0 aliphatic rings. The number of likely N-dealkylation sites (N-methyl/N-ethyl adjacent to an activating group) is 1. The lowest BCUT2D eigenvalue weighted by molar-refractivity contribution is -0.122. The first kappa shape index (κ1) is 21.1. The number of carbonyl (C=O) groups excluding carboxylic acids is 1. The predicted molar refractivity (Wildman–Crippen MR) is 103 cm³/mol. The number of nitrogens with zero attached hydrogens (tertiary/aromatic N) is 2. The lowest BCUT2D eigenvalue weighted by atomic mass is 10.1. The molecule has 6 nitrogen and oxygen atoms in total. The second kappa shape index (κ2) is 9.51. The minimum atomic E-state index is -0.258. The Morgan fingerprint density at radius 2 is 2.00 bits per heavy atom. The van der Waals surface area contributed by atoms with Crippen LogP contribution < -0.4 is 15.4 Å². The molecule has 1 rings (SSSR count). The summed E-state index contributed by atoms with van der Waals surface area (Å²) in [5.74, 6) is 1.21. The van der Waals surface area contributed by atoms with Gasteiger partial charge in [-0.05, 0) is 39.8 Å². The van der Waals surface area contributed by atoms with E-state index in [9.17, 15) is 4.79 Å². The van der Waals surface area contributed by atoms with Crippen LogP contribution in [-0.2, 0) is 4.79 Å². The molecule has 2 N–H and O–H groups in total. The Hall–Kier alpha value is -1.95. The number of hydrogen-bond acceptors (Lipinski definition) is 3. The van der Waals surface area contributed by atoms with Gasteiger partial charge in [-0.2, -0.15) is 0 Å². The van der Waals surface area contributed by atoms with Crippen molar-refractivity contribution < 1.29 is 9.53 Å². The van der Waals surface area contributed by atoms with Gasteiger partial charge in [0.15, 0.2) is 5.96 Å². The average molecular weight is 369 g/mol. The van der Waals surface area contributed by atoms with Crippen LogP contribution in [0.1, 0.15) is 27.7 Å². The molecule has 1 aromatic rings. The summed E-state index contributed by atoms with van der Waals surface area (Å²) >= 11 is 6.10. The van der Waals surface area contributed by atoms with E-state index in [1.807, 2.05) is 52.9 Å². The maximum absolute atomic E-state index is 12.0. The number of amides is 1. The third kappa shape index (κ3) is 8.12. The molecule has 0 fully saturated rings. The largest absolute Gasteiger partial charge is 0.487 e. The van der Waals surface area contributed by atoms with E-state index in [0.29, 0.717) is 23.3 Å². The monoisotopic (exact) mass is 368 g/mol. The van der Waals surface area contributed by atoms with E-state index in [2.05, 4.69) is 15.6 Å². The van der Waals surface area contributed by atoms with Gasteiger partial charge in [-0.1, -0.05) is 23.7 Å².